The van der Waals surface area contributed by atoms with Crippen molar-refractivity contribution >= 4 is 0 Å². The maximum atomic E-state index is 13.5. The van der Waals surface area contributed by atoms with Gasteiger partial charge in [-0.2, -0.15) is 0 Å². The molecule has 0 aromatic heterocycles. The van der Waals surface area contributed by atoms with Crippen molar-refractivity contribution in [3.05, 3.63) is 23.3 Å². The maximum Gasteiger partial charge on any atom is 0.167 e. The van der Waals surface area contributed by atoms with E-state index in [9.17, 15) is 13.9 Å². The molecule has 0 fully saturated rings. The highest BCUT2D eigenvalue weighted by molar-refractivity contribution is 5.48. The maximum absolute atomic E-state index is 13.5. The molecule has 0 saturated heterocycles. The van der Waals surface area contributed by atoms with Gasteiger partial charge in [-0.25, -0.2) is 8.78 Å². The highest BCUT2D eigenvalue weighted by Crippen LogP contribution is 2.35. The topological polar surface area (TPSA) is 38.7 Å². The summed E-state index contributed by atoms with van der Waals surface area (Å²) >= 11 is 0. The van der Waals surface area contributed by atoms with Crippen LogP contribution in [0.5, 0.6) is 11.5 Å². The molecule has 0 amide bonds. The van der Waals surface area contributed by atoms with E-state index >= 15 is 0 Å². The molecule has 0 radical (unpaired) electrons. The summed E-state index contributed by atoms with van der Waals surface area (Å²) in [5, 5.41) is 9.22. The van der Waals surface area contributed by atoms with E-state index < -0.39 is 17.7 Å². The first-order valence-corrected chi connectivity index (χ1v) is 4.78. The van der Waals surface area contributed by atoms with E-state index in [0.717, 1.165) is 6.07 Å². The summed E-state index contributed by atoms with van der Waals surface area (Å²) in [6.07, 6.45) is -0.835. The summed E-state index contributed by atoms with van der Waals surface area (Å²) in [4.78, 5) is 0. The molecule has 0 aliphatic heterocycles. The van der Waals surface area contributed by atoms with Crippen molar-refractivity contribution in [2.45, 2.75) is 19.4 Å². The predicted molar refractivity (Wildman–Crippen MR) is 54.8 cm³/mol. The van der Waals surface area contributed by atoms with Crippen molar-refractivity contribution < 1.29 is 23.4 Å². The van der Waals surface area contributed by atoms with Gasteiger partial charge in [0.2, 0.25) is 0 Å². The molecular formula is C11H14F2O3. The Morgan fingerprint density at radius 1 is 1.31 bits per heavy atom. The fourth-order valence-corrected chi connectivity index (χ4v) is 1.49. The van der Waals surface area contributed by atoms with E-state index in [-0.39, 0.29) is 23.5 Å². The lowest BCUT2D eigenvalue weighted by Gasteiger charge is -2.15. The number of aliphatic hydroxyl groups excluding tert-OH is 1. The fourth-order valence-electron chi connectivity index (χ4n) is 1.49. The smallest absolute Gasteiger partial charge is 0.167 e. The first-order valence-electron chi connectivity index (χ1n) is 4.78. The van der Waals surface area contributed by atoms with Crippen molar-refractivity contribution in [1.29, 1.82) is 0 Å². The Morgan fingerprint density at radius 2 is 1.94 bits per heavy atom. The van der Waals surface area contributed by atoms with Gasteiger partial charge in [-0.05, 0) is 6.92 Å². The lowest BCUT2D eigenvalue weighted by Crippen LogP contribution is -2.10. The van der Waals surface area contributed by atoms with Gasteiger partial charge in [0.05, 0.1) is 20.3 Å². The third kappa shape index (κ3) is 2.41. The molecule has 5 heteroatoms. The van der Waals surface area contributed by atoms with Gasteiger partial charge < -0.3 is 14.6 Å². The Balaban J connectivity index is 3.34. The van der Waals surface area contributed by atoms with Crippen LogP contribution in [0.4, 0.5) is 8.78 Å². The molecule has 0 saturated carbocycles. The van der Waals surface area contributed by atoms with Crippen LogP contribution >= 0.6 is 0 Å². The number of aliphatic hydroxyl groups is 1. The average Bonchev–Trinajstić information content (AvgIpc) is 2.23. The SMILES string of the molecule is COc1cc(F)c(F)c(CC(C)O)c1OC. The normalized spacial score (nSPS) is 12.4. The first kappa shape index (κ1) is 12.7. The summed E-state index contributed by atoms with van der Waals surface area (Å²) in [5.74, 6) is -1.81. The number of benzene rings is 1. The second-order valence-corrected chi connectivity index (χ2v) is 3.44. The van der Waals surface area contributed by atoms with Crippen LogP contribution in [0.25, 0.3) is 0 Å². The highest BCUT2D eigenvalue weighted by Gasteiger charge is 2.20. The van der Waals surface area contributed by atoms with Crippen LogP contribution in [0.3, 0.4) is 0 Å². The largest absolute Gasteiger partial charge is 0.493 e. The average molecular weight is 232 g/mol. The van der Waals surface area contributed by atoms with E-state index in [4.69, 9.17) is 9.47 Å². The van der Waals surface area contributed by atoms with E-state index in [0.29, 0.717) is 0 Å². The third-order valence-corrected chi connectivity index (χ3v) is 2.15. The molecule has 90 valence electrons. The zero-order chi connectivity index (χ0) is 12.3. The third-order valence-electron chi connectivity index (χ3n) is 2.15. The van der Waals surface area contributed by atoms with Gasteiger partial charge in [-0.3, -0.25) is 0 Å². The number of hydrogen-bond donors (Lipinski definition) is 1. The Morgan fingerprint density at radius 3 is 2.38 bits per heavy atom. The molecule has 16 heavy (non-hydrogen) atoms. The molecule has 0 aliphatic carbocycles. The minimum absolute atomic E-state index is 0.0191. The predicted octanol–water partition coefficient (Wildman–Crippen LogP) is 1.91. The van der Waals surface area contributed by atoms with Gasteiger partial charge in [0, 0.05) is 18.1 Å². The zero-order valence-electron chi connectivity index (χ0n) is 9.38. The van der Waals surface area contributed by atoms with E-state index in [1.54, 1.807) is 0 Å². The van der Waals surface area contributed by atoms with Gasteiger partial charge in [0.25, 0.3) is 0 Å². The zero-order valence-corrected chi connectivity index (χ0v) is 9.38. The lowest BCUT2D eigenvalue weighted by atomic mass is 10.1. The van der Waals surface area contributed by atoms with Crippen molar-refractivity contribution in [3.63, 3.8) is 0 Å². The highest BCUT2D eigenvalue weighted by atomic mass is 19.2. The summed E-state index contributed by atoms with van der Waals surface area (Å²) < 4.78 is 36.5. The first-order chi connectivity index (χ1) is 7.51. The van der Waals surface area contributed by atoms with Crippen LogP contribution in [0.15, 0.2) is 6.07 Å². The molecule has 3 nitrogen and oxygen atoms in total. The molecule has 1 N–H and O–H groups in total. The van der Waals surface area contributed by atoms with E-state index in [1.165, 1.54) is 21.1 Å². The van der Waals surface area contributed by atoms with Crippen molar-refractivity contribution in [3.8, 4) is 11.5 Å². The Labute approximate surface area is 92.6 Å². The summed E-state index contributed by atoms with van der Waals surface area (Å²) in [6, 6.07) is 0.916. The Hall–Kier alpha value is -1.36. The lowest BCUT2D eigenvalue weighted by molar-refractivity contribution is 0.191. The molecule has 0 spiro atoms. The number of hydrogen-bond acceptors (Lipinski definition) is 3. The molecule has 1 atom stereocenters. The summed E-state index contributed by atoms with van der Waals surface area (Å²) in [6.45, 7) is 1.48. The Kier molecular flexibility index (Phi) is 4.06. The van der Waals surface area contributed by atoms with Gasteiger partial charge in [-0.15, -0.1) is 0 Å². The van der Waals surface area contributed by atoms with Crippen molar-refractivity contribution in [2.24, 2.45) is 0 Å². The van der Waals surface area contributed by atoms with Gasteiger partial charge >= 0.3 is 0 Å². The molecule has 0 aliphatic rings. The fraction of sp³-hybridized carbons (Fsp3) is 0.455. The van der Waals surface area contributed by atoms with Crippen LogP contribution in [-0.2, 0) is 6.42 Å². The molecule has 1 aromatic carbocycles. The number of ether oxygens (including phenoxy) is 2. The molecule has 1 aromatic rings. The standard InChI is InChI=1S/C11H14F2O3/c1-6(14)4-7-10(13)8(12)5-9(15-2)11(7)16-3/h5-6,14H,4H2,1-3H3. The molecule has 1 rings (SSSR count). The number of methoxy groups -OCH3 is 2. The summed E-state index contributed by atoms with van der Waals surface area (Å²) in [7, 11) is 2.67. The molecule has 0 heterocycles. The minimum Gasteiger partial charge on any atom is -0.493 e. The van der Waals surface area contributed by atoms with Gasteiger partial charge in [0.15, 0.2) is 23.1 Å². The van der Waals surface area contributed by atoms with Crippen LogP contribution in [0.2, 0.25) is 0 Å². The van der Waals surface area contributed by atoms with Crippen molar-refractivity contribution in [2.75, 3.05) is 14.2 Å². The number of rotatable bonds is 4. The van der Waals surface area contributed by atoms with Crippen LogP contribution < -0.4 is 9.47 Å². The van der Waals surface area contributed by atoms with Crippen LogP contribution in [-0.4, -0.2) is 25.4 Å². The molecular weight excluding hydrogens is 218 g/mol. The minimum atomic E-state index is -1.02. The monoisotopic (exact) mass is 232 g/mol. The second-order valence-electron chi connectivity index (χ2n) is 3.44. The van der Waals surface area contributed by atoms with Gasteiger partial charge in [-0.1, -0.05) is 0 Å². The van der Waals surface area contributed by atoms with E-state index in [2.05, 4.69) is 0 Å². The number of halogens is 2. The van der Waals surface area contributed by atoms with E-state index in [1.807, 2.05) is 0 Å². The summed E-state index contributed by atoms with van der Waals surface area (Å²) in [5.41, 5.74) is -0.0191. The van der Waals surface area contributed by atoms with Crippen molar-refractivity contribution in [1.82, 2.24) is 0 Å². The Bertz CT molecular complexity index is 378. The quantitative estimate of drug-likeness (QED) is 0.861. The second kappa shape index (κ2) is 5.12. The molecule has 1 unspecified atom stereocenters. The molecule has 0 bridgehead atoms. The van der Waals surface area contributed by atoms with Crippen LogP contribution in [0.1, 0.15) is 12.5 Å². The van der Waals surface area contributed by atoms with Crippen LogP contribution in [0, 0.1) is 11.6 Å². The van der Waals surface area contributed by atoms with Gasteiger partial charge in [0.1, 0.15) is 0 Å².